The summed E-state index contributed by atoms with van der Waals surface area (Å²) in [5.74, 6) is 0.117. The number of aromatic nitrogens is 2. The minimum Gasteiger partial charge on any atom is -0.323 e. The number of carbonyl (C=O) groups excluding carboxylic acids is 1. The van der Waals surface area contributed by atoms with Crippen LogP contribution in [0.1, 0.15) is 18.4 Å². The van der Waals surface area contributed by atoms with Gasteiger partial charge in [0.15, 0.2) is 0 Å². The van der Waals surface area contributed by atoms with E-state index in [-0.39, 0.29) is 24.2 Å². The second-order valence-electron chi connectivity index (χ2n) is 5.59. The van der Waals surface area contributed by atoms with Crippen LogP contribution in [0, 0.1) is 5.92 Å². The molecule has 2 aromatic rings. The first-order valence-electron chi connectivity index (χ1n) is 7.49. The van der Waals surface area contributed by atoms with E-state index in [1.54, 1.807) is 10.9 Å². The molecular weight excluding hydrogens is 335 g/mol. The Morgan fingerprint density at radius 3 is 2.87 bits per heavy atom. The largest absolute Gasteiger partial charge is 0.323 e. The maximum absolute atomic E-state index is 12.2. The summed E-state index contributed by atoms with van der Waals surface area (Å²) in [6.45, 7) is 2.41. The number of amides is 1. The van der Waals surface area contributed by atoms with Crippen molar-refractivity contribution in [2.75, 3.05) is 18.4 Å². The summed E-state index contributed by atoms with van der Waals surface area (Å²) in [4.78, 5) is 12.2. The number of hydrogen-bond acceptors (Lipinski definition) is 3. The van der Waals surface area contributed by atoms with Gasteiger partial charge in [-0.1, -0.05) is 23.7 Å². The van der Waals surface area contributed by atoms with Crippen LogP contribution in [0.25, 0.3) is 0 Å². The number of carbonyl (C=O) groups is 1. The Hall–Kier alpha value is -1.56. The monoisotopic (exact) mass is 354 g/mol. The molecule has 5 nitrogen and oxygen atoms in total. The van der Waals surface area contributed by atoms with E-state index in [2.05, 4.69) is 15.7 Å². The SMILES string of the molecule is Cl.O=C(Nc1cnn(Cc2ccc(Cl)cc2)c1)C1CCCNC1. The van der Waals surface area contributed by atoms with Gasteiger partial charge >= 0.3 is 0 Å². The van der Waals surface area contributed by atoms with Crippen LogP contribution in [0.2, 0.25) is 5.02 Å². The van der Waals surface area contributed by atoms with Crippen molar-refractivity contribution in [3.63, 3.8) is 0 Å². The zero-order valence-corrected chi connectivity index (χ0v) is 14.2. The lowest BCUT2D eigenvalue weighted by molar-refractivity contribution is -0.120. The number of nitrogens with zero attached hydrogens (tertiary/aromatic N) is 2. The summed E-state index contributed by atoms with van der Waals surface area (Å²) < 4.78 is 1.80. The molecule has 1 aliphatic heterocycles. The highest BCUT2D eigenvalue weighted by Crippen LogP contribution is 2.15. The molecule has 0 bridgehead atoms. The standard InChI is InChI=1S/C16H19ClN4O.ClH/c17-14-5-3-12(4-6-14)10-21-11-15(9-19-21)20-16(22)13-2-1-7-18-8-13;/h3-6,9,11,13,18H,1-2,7-8,10H2,(H,20,22);1H. The van der Waals surface area contributed by atoms with Gasteiger partial charge in [-0.25, -0.2) is 0 Å². The van der Waals surface area contributed by atoms with Gasteiger partial charge in [-0.05, 0) is 37.1 Å². The number of anilines is 1. The van der Waals surface area contributed by atoms with Crippen LogP contribution >= 0.6 is 24.0 Å². The number of nitrogens with one attached hydrogen (secondary N) is 2. The molecule has 1 atom stereocenters. The molecule has 1 fully saturated rings. The molecule has 1 aromatic heterocycles. The van der Waals surface area contributed by atoms with Gasteiger partial charge in [0, 0.05) is 17.8 Å². The molecule has 7 heteroatoms. The molecule has 1 saturated heterocycles. The zero-order chi connectivity index (χ0) is 15.4. The summed E-state index contributed by atoms with van der Waals surface area (Å²) in [5.41, 5.74) is 1.85. The van der Waals surface area contributed by atoms with E-state index in [1.807, 2.05) is 30.5 Å². The fourth-order valence-electron chi connectivity index (χ4n) is 2.61. The smallest absolute Gasteiger partial charge is 0.228 e. The highest BCUT2D eigenvalue weighted by Gasteiger charge is 2.21. The van der Waals surface area contributed by atoms with Gasteiger partial charge in [0.25, 0.3) is 0 Å². The summed E-state index contributed by atoms with van der Waals surface area (Å²) >= 11 is 5.87. The quantitative estimate of drug-likeness (QED) is 0.887. The molecule has 0 spiro atoms. The zero-order valence-electron chi connectivity index (χ0n) is 12.7. The summed E-state index contributed by atoms with van der Waals surface area (Å²) in [5, 5.41) is 11.2. The molecule has 1 aliphatic rings. The van der Waals surface area contributed by atoms with E-state index < -0.39 is 0 Å². The lowest BCUT2D eigenvalue weighted by Gasteiger charge is -2.21. The van der Waals surface area contributed by atoms with Gasteiger partial charge in [0.1, 0.15) is 0 Å². The van der Waals surface area contributed by atoms with E-state index in [4.69, 9.17) is 11.6 Å². The van der Waals surface area contributed by atoms with Gasteiger partial charge in [0.2, 0.25) is 5.91 Å². The molecule has 2 heterocycles. The minimum atomic E-state index is 0. The van der Waals surface area contributed by atoms with E-state index in [9.17, 15) is 4.79 Å². The van der Waals surface area contributed by atoms with Crippen LogP contribution in [0.4, 0.5) is 5.69 Å². The Morgan fingerprint density at radius 2 is 2.17 bits per heavy atom. The Balaban J connectivity index is 0.00000192. The highest BCUT2D eigenvalue weighted by atomic mass is 35.5. The highest BCUT2D eigenvalue weighted by molar-refractivity contribution is 6.30. The molecule has 23 heavy (non-hydrogen) atoms. The second kappa shape index (κ2) is 8.34. The molecule has 0 aliphatic carbocycles. The summed E-state index contributed by atoms with van der Waals surface area (Å²) in [7, 11) is 0. The third kappa shape index (κ3) is 4.96. The fraction of sp³-hybridized carbons (Fsp3) is 0.375. The van der Waals surface area contributed by atoms with Crippen molar-refractivity contribution >= 4 is 35.6 Å². The Kier molecular flexibility index (Phi) is 6.45. The van der Waals surface area contributed by atoms with Crippen molar-refractivity contribution in [1.82, 2.24) is 15.1 Å². The van der Waals surface area contributed by atoms with Crippen molar-refractivity contribution in [3.05, 3.63) is 47.2 Å². The number of halogens is 2. The maximum Gasteiger partial charge on any atom is 0.228 e. The van der Waals surface area contributed by atoms with Gasteiger partial charge in [-0.2, -0.15) is 5.10 Å². The van der Waals surface area contributed by atoms with E-state index in [0.29, 0.717) is 6.54 Å². The molecule has 1 aromatic carbocycles. The van der Waals surface area contributed by atoms with Gasteiger partial charge < -0.3 is 10.6 Å². The molecule has 3 rings (SSSR count). The van der Waals surface area contributed by atoms with Crippen LogP contribution in [0.5, 0.6) is 0 Å². The van der Waals surface area contributed by atoms with Gasteiger partial charge in [-0.3, -0.25) is 9.48 Å². The van der Waals surface area contributed by atoms with Crippen molar-refractivity contribution < 1.29 is 4.79 Å². The molecule has 0 saturated carbocycles. The number of hydrogen-bond donors (Lipinski definition) is 2. The van der Waals surface area contributed by atoms with Crippen LogP contribution in [-0.4, -0.2) is 28.8 Å². The average Bonchev–Trinajstić information content (AvgIpc) is 2.97. The molecule has 124 valence electrons. The van der Waals surface area contributed by atoms with E-state index in [1.165, 1.54) is 0 Å². The van der Waals surface area contributed by atoms with Crippen LogP contribution in [-0.2, 0) is 11.3 Å². The number of rotatable bonds is 4. The number of benzene rings is 1. The first-order valence-corrected chi connectivity index (χ1v) is 7.87. The Morgan fingerprint density at radius 1 is 1.39 bits per heavy atom. The maximum atomic E-state index is 12.2. The molecular formula is C16H20Cl2N4O. The third-order valence-electron chi connectivity index (χ3n) is 3.83. The van der Waals surface area contributed by atoms with Crippen molar-refractivity contribution in [2.45, 2.75) is 19.4 Å². The lowest BCUT2D eigenvalue weighted by Crippen LogP contribution is -2.37. The molecule has 0 radical (unpaired) electrons. The van der Waals surface area contributed by atoms with E-state index >= 15 is 0 Å². The van der Waals surface area contributed by atoms with Gasteiger partial charge in [-0.15, -0.1) is 12.4 Å². The molecule has 1 amide bonds. The van der Waals surface area contributed by atoms with E-state index in [0.717, 1.165) is 42.2 Å². The van der Waals surface area contributed by atoms with Crippen LogP contribution in [0.15, 0.2) is 36.7 Å². The molecule has 1 unspecified atom stereocenters. The summed E-state index contributed by atoms with van der Waals surface area (Å²) in [6, 6.07) is 7.66. The number of piperidine rings is 1. The van der Waals surface area contributed by atoms with Crippen molar-refractivity contribution in [3.8, 4) is 0 Å². The Labute approximate surface area is 146 Å². The topological polar surface area (TPSA) is 59.0 Å². The van der Waals surface area contributed by atoms with Crippen LogP contribution < -0.4 is 10.6 Å². The summed E-state index contributed by atoms with van der Waals surface area (Å²) in [6.07, 6.45) is 5.53. The third-order valence-corrected chi connectivity index (χ3v) is 4.08. The first kappa shape index (κ1) is 17.8. The first-order chi connectivity index (χ1) is 10.7. The predicted molar refractivity (Wildman–Crippen MR) is 94.3 cm³/mol. The Bertz CT molecular complexity index is 636. The van der Waals surface area contributed by atoms with Crippen LogP contribution in [0.3, 0.4) is 0 Å². The minimum absolute atomic E-state index is 0. The second-order valence-corrected chi connectivity index (χ2v) is 6.02. The average molecular weight is 355 g/mol. The molecule has 2 N–H and O–H groups in total. The van der Waals surface area contributed by atoms with Gasteiger partial charge in [0.05, 0.1) is 24.3 Å². The normalized spacial score (nSPS) is 17.3. The lowest BCUT2D eigenvalue weighted by atomic mass is 9.99. The predicted octanol–water partition coefficient (Wildman–Crippen LogP) is 2.94. The fourth-order valence-corrected chi connectivity index (χ4v) is 2.74. The van der Waals surface area contributed by atoms with Crippen molar-refractivity contribution in [1.29, 1.82) is 0 Å². The van der Waals surface area contributed by atoms with Crippen molar-refractivity contribution in [2.24, 2.45) is 5.92 Å².